The van der Waals surface area contributed by atoms with Crippen LogP contribution >= 0.6 is 0 Å². The number of carbonyl (C=O) groups is 2. The first-order chi connectivity index (χ1) is 15.9. The number of benzene rings is 2. The van der Waals surface area contributed by atoms with E-state index in [1.807, 2.05) is 65.8 Å². The molecule has 8 heteroatoms. The minimum absolute atomic E-state index is 0.0630. The number of nitrogens with zero attached hydrogens (tertiary/aromatic N) is 4. The SMILES string of the molecule is CC(C)(C)CC(=O)OCc1ccccc1-c1nnc(-c2ccc(NC(=O)C(C)(C)C)cc2)nn1. The lowest BCUT2D eigenvalue weighted by Gasteiger charge is -2.17. The van der Waals surface area contributed by atoms with E-state index in [0.29, 0.717) is 29.3 Å². The molecule has 1 aromatic heterocycles. The summed E-state index contributed by atoms with van der Waals surface area (Å²) in [5.74, 6) is 0.399. The first-order valence-electron chi connectivity index (χ1n) is 11.2. The monoisotopic (exact) mass is 461 g/mol. The van der Waals surface area contributed by atoms with Gasteiger partial charge in [-0.3, -0.25) is 9.59 Å². The maximum Gasteiger partial charge on any atom is 0.306 e. The van der Waals surface area contributed by atoms with E-state index in [2.05, 4.69) is 25.7 Å². The van der Waals surface area contributed by atoms with Crippen molar-refractivity contribution in [2.45, 2.75) is 54.6 Å². The molecule has 178 valence electrons. The highest BCUT2D eigenvalue weighted by Gasteiger charge is 2.21. The van der Waals surface area contributed by atoms with Gasteiger partial charge in [-0.25, -0.2) is 0 Å². The summed E-state index contributed by atoms with van der Waals surface area (Å²) in [5.41, 5.74) is 2.28. The molecule has 1 heterocycles. The number of ether oxygens (including phenoxy) is 1. The number of carbonyl (C=O) groups excluding carboxylic acids is 2. The molecule has 0 spiro atoms. The molecule has 8 nitrogen and oxygen atoms in total. The van der Waals surface area contributed by atoms with Gasteiger partial charge in [-0.15, -0.1) is 20.4 Å². The molecular weight excluding hydrogens is 430 g/mol. The molecule has 0 saturated carbocycles. The summed E-state index contributed by atoms with van der Waals surface area (Å²) in [5, 5.41) is 19.8. The third kappa shape index (κ3) is 6.91. The van der Waals surface area contributed by atoms with E-state index in [4.69, 9.17) is 4.74 Å². The van der Waals surface area contributed by atoms with E-state index >= 15 is 0 Å². The molecule has 3 aromatic rings. The average Bonchev–Trinajstić information content (AvgIpc) is 2.77. The number of esters is 1. The molecule has 3 rings (SSSR count). The molecule has 0 aliphatic heterocycles. The molecule has 0 aliphatic rings. The van der Waals surface area contributed by atoms with Crippen LogP contribution in [-0.2, 0) is 20.9 Å². The van der Waals surface area contributed by atoms with Gasteiger partial charge in [0.15, 0.2) is 0 Å². The normalized spacial score (nSPS) is 11.7. The quantitative estimate of drug-likeness (QED) is 0.511. The number of rotatable bonds is 6. The molecule has 0 aliphatic carbocycles. The second-order valence-electron chi connectivity index (χ2n) is 10.4. The van der Waals surface area contributed by atoms with Crippen molar-refractivity contribution in [1.29, 1.82) is 0 Å². The van der Waals surface area contributed by atoms with Crippen LogP contribution in [0.25, 0.3) is 22.8 Å². The van der Waals surface area contributed by atoms with Gasteiger partial charge >= 0.3 is 5.97 Å². The van der Waals surface area contributed by atoms with Crippen molar-refractivity contribution in [2.75, 3.05) is 5.32 Å². The van der Waals surface area contributed by atoms with Gasteiger partial charge in [0.25, 0.3) is 0 Å². The van der Waals surface area contributed by atoms with Crippen molar-refractivity contribution in [3.05, 3.63) is 54.1 Å². The molecular formula is C26H31N5O3. The average molecular weight is 462 g/mol. The lowest BCUT2D eigenvalue weighted by Crippen LogP contribution is -2.27. The van der Waals surface area contributed by atoms with E-state index < -0.39 is 5.41 Å². The van der Waals surface area contributed by atoms with Gasteiger partial charge in [-0.1, -0.05) is 65.8 Å². The Labute approximate surface area is 200 Å². The van der Waals surface area contributed by atoms with Crippen molar-refractivity contribution in [2.24, 2.45) is 10.8 Å². The van der Waals surface area contributed by atoms with Gasteiger partial charge in [-0.2, -0.15) is 0 Å². The molecule has 1 N–H and O–H groups in total. The summed E-state index contributed by atoms with van der Waals surface area (Å²) in [6, 6.07) is 14.6. The molecule has 34 heavy (non-hydrogen) atoms. The number of nitrogens with one attached hydrogen (secondary N) is 1. The summed E-state index contributed by atoms with van der Waals surface area (Å²) in [7, 11) is 0. The minimum Gasteiger partial charge on any atom is -0.461 e. The molecule has 0 saturated heterocycles. The number of aromatic nitrogens is 4. The number of hydrogen-bond donors (Lipinski definition) is 1. The maximum absolute atomic E-state index is 12.2. The Morgan fingerprint density at radius 3 is 2.00 bits per heavy atom. The summed E-state index contributed by atoms with van der Waals surface area (Å²) >= 11 is 0. The van der Waals surface area contributed by atoms with Crippen LogP contribution in [0, 0.1) is 10.8 Å². The van der Waals surface area contributed by atoms with Crippen molar-refractivity contribution in [1.82, 2.24) is 20.4 Å². The summed E-state index contributed by atoms with van der Waals surface area (Å²) in [6.45, 7) is 11.7. The highest BCUT2D eigenvalue weighted by atomic mass is 16.5. The lowest BCUT2D eigenvalue weighted by atomic mass is 9.92. The van der Waals surface area contributed by atoms with Crippen LogP contribution in [0.2, 0.25) is 0 Å². The fraction of sp³-hybridized carbons (Fsp3) is 0.385. The van der Waals surface area contributed by atoms with Crippen LogP contribution < -0.4 is 5.32 Å². The van der Waals surface area contributed by atoms with Crippen molar-refractivity contribution in [3.63, 3.8) is 0 Å². The highest BCUT2D eigenvalue weighted by Crippen LogP contribution is 2.24. The topological polar surface area (TPSA) is 107 Å². The first kappa shape index (κ1) is 25.0. The van der Waals surface area contributed by atoms with Crippen LogP contribution in [-0.4, -0.2) is 32.3 Å². The summed E-state index contributed by atoms with van der Waals surface area (Å²) < 4.78 is 5.45. The van der Waals surface area contributed by atoms with Crippen molar-refractivity contribution >= 4 is 17.6 Å². The molecule has 0 fully saturated rings. The second kappa shape index (κ2) is 10.1. The molecule has 0 bridgehead atoms. The lowest BCUT2D eigenvalue weighted by molar-refractivity contribution is -0.147. The predicted molar refractivity (Wildman–Crippen MR) is 130 cm³/mol. The fourth-order valence-corrected chi connectivity index (χ4v) is 2.98. The highest BCUT2D eigenvalue weighted by molar-refractivity contribution is 5.94. The zero-order valence-electron chi connectivity index (χ0n) is 20.5. The first-order valence-corrected chi connectivity index (χ1v) is 11.2. The Kier molecular flexibility index (Phi) is 7.39. The van der Waals surface area contributed by atoms with E-state index in [0.717, 1.165) is 11.1 Å². The van der Waals surface area contributed by atoms with Crippen molar-refractivity contribution in [3.8, 4) is 22.8 Å². The van der Waals surface area contributed by atoms with Gasteiger partial charge in [0, 0.05) is 27.8 Å². The summed E-state index contributed by atoms with van der Waals surface area (Å²) in [6.07, 6.45) is 0.335. The largest absolute Gasteiger partial charge is 0.461 e. The van der Waals surface area contributed by atoms with Crippen LogP contribution in [0.5, 0.6) is 0 Å². The smallest absolute Gasteiger partial charge is 0.306 e. The molecule has 0 radical (unpaired) electrons. The van der Waals surface area contributed by atoms with Gasteiger partial charge in [0.2, 0.25) is 17.6 Å². The van der Waals surface area contributed by atoms with Crippen LogP contribution in [0.4, 0.5) is 5.69 Å². The molecule has 1 amide bonds. The molecule has 0 unspecified atom stereocenters. The minimum atomic E-state index is -0.480. The van der Waals surface area contributed by atoms with Gasteiger partial charge in [-0.05, 0) is 29.7 Å². The van der Waals surface area contributed by atoms with Crippen molar-refractivity contribution < 1.29 is 14.3 Å². The Morgan fingerprint density at radius 2 is 1.41 bits per heavy atom. The Balaban J connectivity index is 1.71. The Bertz CT molecular complexity index is 1140. The fourth-order valence-electron chi connectivity index (χ4n) is 2.98. The van der Waals surface area contributed by atoms with Crippen LogP contribution in [0.1, 0.15) is 53.5 Å². The van der Waals surface area contributed by atoms with E-state index in [1.54, 1.807) is 24.3 Å². The Hall–Kier alpha value is -3.68. The zero-order chi connectivity index (χ0) is 24.9. The predicted octanol–water partition coefficient (Wildman–Crippen LogP) is 5.06. The number of hydrogen-bond acceptors (Lipinski definition) is 7. The van der Waals surface area contributed by atoms with Gasteiger partial charge in [0.05, 0.1) is 6.42 Å². The second-order valence-corrected chi connectivity index (χ2v) is 10.4. The number of amides is 1. The number of anilines is 1. The summed E-state index contributed by atoms with van der Waals surface area (Å²) in [4.78, 5) is 24.3. The third-order valence-corrected chi connectivity index (χ3v) is 4.88. The zero-order valence-corrected chi connectivity index (χ0v) is 20.5. The Morgan fingerprint density at radius 1 is 0.824 bits per heavy atom. The van der Waals surface area contributed by atoms with Crippen LogP contribution in [0.15, 0.2) is 48.5 Å². The van der Waals surface area contributed by atoms with Crippen LogP contribution in [0.3, 0.4) is 0 Å². The van der Waals surface area contributed by atoms with Gasteiger partial charge < -0.3 is 10.1 Å². The third-order valence-electron chi connectivity index (χ3n) is 4.88. The van der Waals surface area contributed by atoms with E-state index in [9.17, 15) is 9.59 Å². The van der Waals surface area contributed by atoms with E-state index in [1.165, 1.54) is 0 Å². The molecule has 2 aromatic carbocycles. The molecule has 0 atom stereocenters. The van der Waals surface area contributed by atoms with Gasteiger partial charge in [0.1, 0.15) is 6.61 Å². The standard InChI is InChI=1S/C26H31N5O3/c1-25(2,3)15-21(32)34-16-18-9-7-8-10-20(18)23-30-28-22(29-31-23)17-11-13-19(14-12-17)27-24(33)26(4,5)6/h7-14H,15-16H2,1-6H3,(H,27,33). The van der Waals surface area contributed by atoms with E-state index in [-0.39, 0.29) is 23.9 Å². The maximum atomic E-state index is 12.2.